The summed E-state index contributed by atoms with van der Waals surface area (Å²) in [4.78, 5) is 20.1. The summed E-state index contributed by atoms with van der Waals surface area (Å²) >= 11 is 0. The molecule has 2 aromatic rings. The molecule has 5 heteroatoms. The zero-order chi connectivity index (χ0) is 12.4. The fourth-order valence-corrected chi connectivity index (χ4v) is 1.59. The zero-order valence-electron chi connectivity index (χ0n) is 9.20. The van der Waals surface area contributed by atoms with E-state index in [0.717, 1.165) is 0 Å². The van der Waals surface area contributed by atoms with Gasteiger partial charge in [0.1, 0.15) is 11.3 Å². The van der Waals surface area contributed by atoms with Crippen LogP contribution in [0.1, 0.15) is 10.4 Å². The first-order valence-corrected chi connectivity index (χ1v) is 4.95. The molecular weight excluding hydrogens is 221 g/mol. The lowest BCUT2D eigenvalue weighted by atomic mass is 10.1. The maximum absolute atomic E-state index is 13.3. The normalized spacial score (nSPS) is 10.2. The molecule has 0 aliphatic rings. The van der Waals surface area contributed by atoms with Gasteiger partial charge in [-0.2, -0.15) is 0 Å². The Hall–Kier alpha value is -2.35. The maximum Gasteiger partial charge on any atom is 0.256 e. The molecule has 0 fully saturated rings. The fraction of sp³-hybridized carbons (Fsp3) is 0.167. The zero-order valence-corrected chi connectivity index (χ0v) is 9.20. The van der Waals surface area contributed by atoms with Crippen LogP contribution in [0.3, 0.4) is 0 Å². The third-order valence-corrected chi connectivity index (χ3v) is 2.39. The number of hydrogen-bond donors (Lipinski definition) is 1. The maximum atomic E-state index is 13.3. The molecule has 0 bridgehead atoms. The lowest BCUT2D eigenvalue weighted by Gasteiger charge is -2.14. The largest absolute Gasteiger partial charge is 0.344 e. The van der Waals surface area contributed by atoms with Gasteiger partial charge in [-0.15, -0.1) is 6.42 Å². The second-order valence-corrected chi connectivity index (χ2v) is 3.62. The Bertz CT molecular complexity index is 612. The van der Waals surface area contributed by atoms with E-state index >= 15 is 0 Å². The van der Waals surface area contributed by atoms with E-state index in [4.69, 9.17) is 6.42 Å². The quantitative estimate of drug-likeness (QED) is 0.794. The first-order chi connectivity index (χ1) is 8.13. The molecule has 0 aliphatic carbocycles. The molecular formula is C12H10FN3O. The predicted molar refractivity (Wildman–Crippen MR) is 61.8 cm³/mol. The minimum Gasteiger partial charge on any atom is -0.344 e. The van der Waals surface area contributed by atoms with E-state index in [1.165, 1.54) is 23.4 Å². The van der Waals surface area contributed by atoms with Crippen molar-refractivity contribution in [3.8, 4) is 12.3 Å². The number of aromatic amines is 1. The topological polar surface area (TPSA) is 49.0 Å². The van der Waals surface area contributed by atoms with Gasteiger partial charge in [-0.25, -0.2) is 9.37 Å². The van der Waals surface area contributed by atoms with E-state index in [1.807, 2.05) is 0 Å². The average molecular weight is 231 g/mol. The lowest BCUT2D eigenvalue weighted by molar-refractivity contribution is 0.0814. The van der Waals surface area contributed by atoms with E-state index in [1.54, 1.807) is 7.05 Å². The molecule has 1 amide bonds. The number of carbonyl (C=O) groups excluding carboxylic acids is 1. The number of carbonyl (C=O) groups is 1. The number of benzene rings is 1. The summed E-state index contributed by atoms with van der Waals surface area (Å²) in [6.45, 7) is 0.168. The number of aromatic nitrogens is 2. The van der Waals surface area contributed by atoms with Gasteiger partial charge in [0.25, 0.3) is 5.91 Å². The van der Waals surface area contributed by atoms with Crippen molar-refractivity contribution >= 4 is 16.9 Å². The molecule has 0 unspecified atom stereocenters. The number of rotatable bonds is 2. The highest BCUT2D eigenvalue weighted by molar-refractivity contribution is 6.04. The van der Waals surface area contributed by atoms with Crippen molar-refractivity contribution in [3.63, 3.8) is 0 Å². The second-order valence-electron chi connectivity index (χ2n) is 3.62. The Balaban J connectivity index is 2.51. The molecule has 0 aliphatic heterocycles. The highest BCUT2D eigenvalue weighted by Crippen LogP contribution is 2.18. The van der Waals surface area contributed by atoms with E-state index in [9.17, 15) is 9.18 Å². The van der Waals surface area contributed by atoms with Crippen LogP contribution in [0.25, 0.3) is 11.0 Å². The van der Waals surface area contributed by atoms with Gasteiger partial charge in [0.15, 0.2) is 0 Å². The summed E-state index contributed by atoms with van der Waals surface area (Å²) < 4.78 is 13.3. The predicted octanol–water partition coefficient (Wildman–Crippen LogP) is 1.41. The van der Waals surface area contributed by atoms with Crippen molar-refractivity contribution < 1.29 is 9.18 Å². The Morgan fingerprint density at radius 1 is 1.65 bits per heavy atom. The SMILES string of the molecule is C#CCN(C)C(=O)c1cc(F)cc2[nH]cnc12. The number of hydrogen-bond acceptors (Lipinski definition) is 2. The average Bonchev–Trinajstić information content (AvgIpc) is 2.75. The molecule has 1 aromatic carbocycles. The van der Waals surface area contributed by atoms with E-state index < -0.39 is 5.82 Å². The van der Waals surface area contributed by atoms with E-state index in [2.05, 4.69) is 15.9 Å². The van der Waals surface area contributed by atoms with Crippen LogP contribution in [-0.2, 0) is 0 Å². The van der Waals surface area contributed by atoms with Crippen molar-refractivity contribution in [2.24, 2.45) is 0 Å². The molecule has 0 saturated heterocycles. The van der Waals surface area contributed by atoms with Crippen LogP contribution in [0.2, 0.25) is 0 Å². The Morgan fingerprint density at radius 2 is 2.41 bits per heavy atom. The van der Waals surface area contributed by atoms with Crippen molar-refractivity contribution in [1.82, 2.24) is 14.9 Å². The third-order valence-electron chi connectivity index (χ3n) is 2.39. The summed E-state index contributed by atoms with van der Waals surface area (Å²) in [6.07, 6.45) is 6.55. The summed E-state index contributed by atoms with van der Waals surface area (Å²) in [6, 6.07) is 2.46. The minimum absolute atomic E-state index is 0.168. The van der Waals surface area contributed by atoms with Gasteiger partial charge in [0, 0.05) is 7.05 Å². The fourth-order valence-electron chi connectivity index (χ4n) is 1.59. The molecule has 1 N–H and O–H groups in total. The molecule has 0 saturated carbocycles. The Kier molecular flexibility index (Phi) is 2.79. The van der Waals surface area contributed by atoms with Gasteiger partial charge in [0.2, 0.25) is 0 Å². The number of nitrogens with one attached hydrogen (secondary N) is 1. The van der Waals surface area contributed by atoms with Crippen LogP contribution in [0.4, 0.5) is 4.39 Å². The van der Waals surface area contributed by atoms with Crippen molar-refractivity contribution in [2.45, 2.75) is 0 Å². The Morgan fingerprint density at radius 3 is 3.12 bits per heavy atom. The molecule has 1 heterocycles. The van der Waals surface area contributed by atoms with Gasteiger partial charge < -0.3 is 9.88 Å². The van der Waals surface area contributed by atoms with Crippen LogP contribution in [0.5, 0.6) is 0 Å². The highest BCUT2D eigenvalue weighted by atomic mass is 19.1. The number of nitrogens with zero attached hydrogens (tertiary/aromatic N) is 2. The molecule has 0 radical (unpaired) electrons. The van der Waals surface area contributed by atoms with Crippen LogP contribution < -0.4 is 0 Å². The molecule has 86 valence electrons. The summed E-state index contributed by atoms with van der Waals surface area (Å²) in [5.41, 5.74) is 1.14. The van der Waals surface area contributed by atoms with E-state index in [0.29, 0.717) is 11.0 Å². The summed E-state index contributed by atoms with van der Waals surface area (Å²) in [7, 11) is 1.56. The van der Waals surface area contributed by atoms with Crippen molar-refractivity contribution in [1.29, 1.82) is 0 Å². The second kappa shape index (κ2) is 4.26. The summed E-state index contributed by atoms with van der Waals surface area (Å²) in [5, 5.41) is 0. The number of amides is 1. The van der Waals surface area contributed by atoms with E-state index in [-0.39, 0.29) is 18.0 Å². The molecule has 4 nitrogen and oxygen atoms in total. The lowest BCUT2D eigenvalue weighted by Crippen LogP contribution is -2.27. The number of H-pyrrole nitrogens is 1. The Labute approximate surface area is 97.5 Å². The van der Waals surface area contributed by atoms with Crippen molar-refractivity contribution in [3.05, 3.63) is 29.8 Å². The monoisotopic (exact) mass is 231 g/mol. The van der Waals surface area contributed by atoms with Crippen LogP contribution >= 0.6 is 0 Å². The minimum atomic E-state index is -0.487. The standard InChI is InChI=1S/C12H10FN3O/c1-3-4-16(2)12(17)9-5-8(13)6-10-11(9)15-7-14-10/h1,5-7H,4H2,2H3,(H,14,15). The van der Waals surface area contributed by atoms with Gasteiger partial charge in [0.05, 0.1) is 24.0 Å². The van der Waals surface area contributed by atoms with Gasteiger partial charge >= 0.3 is 0 Å². The third kappa shape index (κ3) is 1.97. The molecule has 0 spiro atoms. The summed E-state index contributed by atoms with van der Waals surface area (Å²) in [5.74, 6) is 1.52. The van der Waals surface area contributed by atoms with Crippen molar-refractivity contribution in [2.75, 3.05) is 13.6 Å². The molecule has 2 rings (SSSR count). The van der Waals surface area contributed by atoms with Crippen LogP contribution in [0, 0.1) is 18.2 Å². The molecule has 0 atom stereocenters. The molecule has 17 heavy (non-hydrogen) atoms. The first-order valence-electron chi connectivity index (χ1n) is 4.95. The first kappa shape index (κ1) is 11.1. The molecule has 1 aromatic heterocycles. The van der Waals surface area contributed by atoms with Gasteiger partial charge in [-0.1, -0.05) is 5.92 Å². The number of fused-ring (bicyclic) bond motifs is 1. The van der Waals surface area contributed by atoms with Crippen LogP contribution in [0.15, 0.2) is 18.5 Å². The van der Waals surface area contributed by atoms with Gasteiger partial charge in [-0.05, 0) is 12.1 Å². The number of terminal acetylenes is 1. The van der Waals surface area contributed by atoms with Gasteiger partial charge in [-0.3, -0.25) is 4.79 Å². The smallest absolute Gasteiger partial charge is 0.256 e. The van der Waals surface area contributed by atoms with Crippen LogP contribution in [-0.4, -0.2) is 34.4 Å². The highest BCUT2D eigenvalue weighted by Gasteiger charge is 2.17. The number of imidazole rings is 1. The number of halogens is 1.